The van der Waals surface area contributed by atoms with Crippen molar-refractivity contribution in [2.24, 2.45) is 7.05 Å². The number of rotatable bonds is 4. The first-order chi connectivity index (χ1) is 17.5. The lowest BCUT2D eigenvalue weighted by atomic mass is 10.1. The molecule has 10 heteroatoms. The maximum atomic E-state index is 15.0. The van der Waals surface area contributed by atoms with Crippen molar-refractivity contribution < 1.29 is 18.3 Å². The summed E-state index contributed by atoms with van der Waals surface area (Å²) < 4.78 is 36.4. The van der Waals surface area contributed by atoms with Crippen LogP contribution in [-0.4, -0.2) is 52.2 Å². The average Bonchev–Trinajstić information content (AvgIpc) is 3.48. The molecule has 2 aromatic heterocycles. The van der Waals surface area contributed by atoms with Crippen LogP contribution >= 0.6 is 0 Å². The molecule has 2 N–H and O–H groups in total. The van der Waals surface area contributed by atoms with E-state index in [2.05, 4.69) is 25.5 Å². The maximum absolute atomic E-state index is 15.0. The van der Waals surface area contributed by atoms with Gasteiger partial charge in [-0.1, -0.05) is 12.1 Å². The zero-order valence-corrected chi connectivity index (χ0v) is 19.4. The molecular weight excluding hydrogens is 466 g/mol. The lowest BCUT2D eigenvalue weighted by Crippen LogP contribution is -2.36. The van der Waals surface area contributed by atoms with E-state index in [1.807, 2.05) is 24.3 Å². The Balaban J connectivity index is 1.29. The second-order valence-electron chi connectivity index (χ2n) is 8.68. The molecule has 1 aliphatic heterocycles. The fourth-order valence-corrected chi connectivity index (χ4v) is 4.58. The van der Waals surface area contributed by atoms with Crippen LogP contribution in [0, 0.1) is 11.6 Å². The highest BCUT2D eigenvalue weighted by atomic mass is 19.1. The van der Waals surface area contributed by atoms with Gasteiger partial charge >= 0.3 is 0 Å². The number of hydrogen-bond donors (Lipinski definition) is 2. The minimum Gasteiger partial charge on any atom is -0.378 e. The van der Waals surface area contributed by atoms with Crippen molar-refractivity contribution in [3.05, 3.63) is 71.9 Å². The number of benzene rings is 3. The summed E-state index contributed by atoms with van der Waals surface area (Å²) in [5, 5.41) is 14.9. The highest BCUT2D eigenvalue weighted by molar-refractivity contribution is 6.08. The van der Waals surface area contributed by atoms with E-state index >= 15 is 0 Å². The van der Waals surface area contributed by atoms with Gasteiger partial charge in [-0.2, -0.15) is 10.2 Å². The number of hydrogen-bond acceptors (Lipinski definition) is 5. The van der Waals surface area contributed by atoms with E-state index in [1.54, 1.807) is 25.2 Å². The molecule has 0 saturated carbocycles. The number of amides is 1. The third kappa shape index (κ3) is 3.75. The van der Waals surface area contributed by atoms with Gasteiger partial charge < -0.3 is 15.0 Å². The molecule has 1 fully saturated rings. The molecule has 1 saturated heterocycles. The van der Waals surface area contributed by atoms with Gasteiger partial charge in [0.1, 0.15) is 17.2 Å². The Hall–Kier alpha value is -4.31. The SMILES string of the molecule is Cn1ncc2c(F)c(C(=O)Nc3ccc4[nH]nc(-c5ccc(N6CCOCC6)cc5)c4c3)c(F)cc21. The molecule has 1 amide bonds. The van der Waals surface area contributed by atoms with Crippen LogP contribution in [0.3, 0.4) is 0 Å². The molecule has 1 aliphatic rings. The van der Waals surface area contributed by atoms with E-state index in [9.17, 15) is 13.6 Å². The van der Waals surface area contributed by atoms with E-state index in [1.165, 1.54) is 10.9 Å². The number of ether oxygens (including phenoxy) is 1. The van der Waals surface area contributed by atoms with Crippen LogP contribution in [0.1, 0.15) is 10.4 Å². The number of carbonyl (C=O) groups excluding carboxylic acids is 1. The van der Waals surface area contributed by atoms with Crippen LogP contribution in [0.15, 0.2) is 54.7 Å². The fraction of sp³-hybridized carbons (Fsp3) is 0.192. The van der Waals surface area contributed by atoms with Crippen LogP contribution in [0.25, 0.3) is 33.1 Å². The van der Waals surface area contributed by atoms with Crippen LogP contribution in [-0.2, 0) is 11.8 Å². The molecule has 3 heterocycles. The van der Waals surface area contributed by atoms with Crippen molar-refractivity contribution in [3.63, 3.8) is 0 Å². The number of halogens is 2. The molecule has 0 aliphatic carbocycles. The van der Waals surface area contributed by atoms with E-state index in [0.717, 1.165) is 41.3 Å². The number of anilines is 2. The van der Waals surface area contributed by atoms with Crippen molar-refractivity contribution in [3.8, 4) is 11.3 Å². The number of nitrogens with one attached hydrogen (secondary N) is 2. The lowest BCUT2D eigenvalue weighted by molar-refractivity contribution is 0.101. The topological polar surface area (TPSA) is 88.1 Å². The largest absolute Gasteiger partial charge is 0.378 e. The molecule has 0 radical (unpaired) electrons. The third-order valence-corrected chi connectivity index (χ3v) is 6.51. The Morgan fingerprint density at radius 2 is 1.83 bits per heavy atom. The predicted molar refractivity (Wildman–Crippen MR) is 133 cm³/mol. The monoisotopic (exact) mass is 488 g/mol. The molecule has 5 aromatic rings. The normalized spacial score (nSPS) is 14.0. The predicted octanol–water partition coefficient (Wildman–Crippen LogP) is 4.48. The standard InChI is InChI=1S/C26H22F2N6O2/c1-33-22-13-20(27)23(24(28)19(22)14-29-33)26(35)30-16-4-7-21-18(12-16)25(32-31-21)15-2-5-17(6-3-15)34-8-10-36-11-9-34/h2-7,12-14H,8-11H2,1H3,(H,30,35)(H,31,32). The van der Waals surface area contributed by atoms with Crippen molar-refractivity contribution >= 4 is 39.1 Å². The molecule has 36 heavy (non-hydrogen) atoms. The number of nitrogens with zero attached hydrogens (tertiary/aromatic N) is 4. The van der Waals surface area contributed by atoms with Crippen LogP contribution in [0.4, 0.5) is 20.2 Å². The zero-order valence-electron chi connectivity index (χ0n) is 19.4. The first-order valence-corrected chi connectivity index (χ1v) is 11.5. The first kappa shape index (κ1) is 22.2. The summed E-state index contributed by atoms with van der Waals surface area (Å²) in [6, 6.07) is 14.4. The summed E-state index contributed by atoms with van der Waals surface area (Å²) in [5.41, 5.74) is 3.51. The van der Waals surface area contributed by atoms with Gasteiger partial charge in [0.25, 0.3) is 5.91 Å². The number of aromatic amines is 1. The van der Waals surface area contributed by atoms with Crippen LogP contribution < -0.4 is 10.2 Å². The molecule has 182 valence electrons. The quantitative estimate of drug-likeness (QED) is 0.389. The zero-order chi connectivity index (χ0) is 24.8. The van der Waals surface area contributed by atoms with Gasteiger partial charge in [-0.05, 0) is 30.3 Å². The van der Waals surface area contributed by atoms with E-state index < -0.39 is 23.1 Å². The highest BCUT2D eigenvalue weighted by Gasteiger charge is 2.23. The first-order valence-electron chi connectivity index (χ1n) is 11.5. The van der Waals surface area contributed by atoms with Gasteiger partial charge in [-0.25, -0.2) is 8.78 Å². The number of morpholine rings is 1. The Labute approximate surface area is 204 Å². The van der Waals surface area contributed by atoms with E-state index in [-0.39, 0.29) is 10.9 Å². The molecule has 0 bridgehead atoms. The average molecular weight is 488 g/mol. The van der Waals surface area contributed by atoms with Crippen molar-refractivity contribution in [2.45, 2.75) is 0 Å². The Morgan fingerprint density at radius 1 is 1.06 bits per heavy atom. The number of aromatic nitrogens is 4. The molecule has 0 spiro atoms. The molecule has 8 nitrogen and oxygen atoms in total. The van der Waals surface area contributed by atoms with Gasteiger partial charge in [0.15, 0.2) is 0 Å². The number of fused-ring (bicyclic) bond motifs is 2. The van der Waals surface area contributed by atoms with Gasteiger partial charge in [0.2, 0.25) is 0 Å². The summed E-state index contributed by atoms with van der Waals surface area (Å²) in [5.74, 6) is -2.78. The van der Waals surface area contributed by atoms with Crippen molar-refractivity contribution in [1.82, 2.24) is 20.0 Å². The van der Waals surface area contributed by atoms with Crippen LogP contribution in [0.2, 0.25) is 0 Å². The summed E-state index contributed by atoms with van der Waals surface area (Å²) in [6.07, 6.45) is 1.27. The summed E-state index contributed by atoms with van der Waals surface area (Å²) >= 11 is 0. The highest BCUT2D eigenvalue weighted by Crippen LogP contribution is 2.31. The molecule has 0 unspecified atom stereocenters. The summed E-state index contributed by atoms with van der Waals surface area (Å²) in [4.78, 5) is 15.1. The van der Waals surface area contributed by atoms with E-state index in [4.69, 9.17) is 4.74 Å². The second-order valence-corrected chi connectivity index (χ2v) is 8.68. The molecule has 3 aromatic carbocycles. The van der Waals surface area contributed by atoms with Gasteiger partial charge in [0.05, 0.1) is 41.5 Å². The molecule has 6 rings (SSSR count). The van der Waals surface area contributed by atoms with E-state index in [0.29, 0.717) is 24.6 Å². The molecule has 0 atom stereocenters. The smallest absolute Gasteiger partial charge is 0.261 e. The number of H-pyrrole nitrogens is 1. The Kier molecular flexibility index (Phi) is 5.37. The second kappa shape index (κ2) is 8.72. The van der Waals surface area contributed by atoms with Gasteiger partial charge in [0, 0.05) is 48.5 Å². The fourth-order valence-electron chi connectivity index (χ4n) is 4.58. The van der Waals surface area contributed by atoms with Crippen LogP contribution in [0.5, 0.6) is 0 Å². The third-order valence-electron chi connectivity index (χ3n) is 6.51. The number of carbonyl (C=O) groups is 1. The van der Waals surface area contributed by atoms with Crippen molar-refractivity contribution in [1.29, 1.82) is 0 Å². The lowest BCUT2D eigenvalue weighted by Gasteiger charge is -2.28. The minimum absolute atomic E-state index is 0.0807. The summed E-state index contributed by atoms with van der Waals surface area (Å²) in [7, 11) is 1.58. The minimum atomic E-state index is -0.952. The van der Waals surface area contributed by atoms with Gasteiger partial charge in [-0.3, -0.25) is 14.6 Å². The summed E-state index contributed by atoms with van der Waals surface area (Å²) in [6.45, 7) is 3.12. The molecular formula is C26H22F2N6O2. The number of aryl methyl sites for hydroxylation is 1. The Morgan fingerprint density at radius 3 is 2.61 bits per heavy atom. The Bertz CT molecular complexity index is 1600. The van der Waals surface area contributed by atoms with Crippen molar-refractivity contribution in [2.75, 3.05) is 36.5 Å². The van der Waals surface area contributed by atoms with Gasteiger partial charge in [-0.15, -0.1) is 0 Å². The maximum Gasteiger partial charge on any atom is 0.261 e.